The molecule has 0 bridgehead atoms. The molecule has 2 aromatic carbocycles. The fraction of sp³-hybridized carbons (Fsp3) is 0.105. The zero-order valence-electron chi connectivity index (χ0n) is 13.5. The summed E-state index contributed by atoms with van der Waals surface area (Å²) in [5.74, 6) is -0.567. The number of amides is 2. The molecule has 0 radical (unpaired) electrons. The maximum Gasteiger partial charge on any atom is 0.240 e. The summed E-state index contributed by atoms with van der Waals surface area (Å²) < 4.78 is 15.1. The molecule has 1 atom stereocenters. The van der Waals surface area contributed by atoms with Gasteiger partial charge in [0.05, 0.1) is 11.9 Å². The number of anilines is 2. The van der Waals surface area contributed by atoms with E-state index in [4.69, 9.17) is 0 Å². The van der Waals surface area contributed by atoms with E-state index in [0.717, 1.165) is 5.56 Å². The van der Waals surface area contributed by atoms with E-state index in [-0.39, 0.29) is 18.2 Å². The first-order valence-electron chi connectivity index (χ1n) is 8.15. The Morgan fingerprint density at radius 2 is 1.88 bits per heavy atom. The van der Waals surface area contributed by atoms with Crippen molar-refractivity contribution in [3.05, 3.63) is 71.7 Å². The van der Waals surface area contributed by atoms with E-state index in [1.165, 1.54) is 16.8 Å². The van der Waals surface area contributed by atoms with Crippen LogP contribution in [0.5, 0.6) is 0 Å². The topological polar surface area (TPSA) is 76.0 Å². The summed E-state index contributed by atoms with van der Waals surface area (Å²) in [5, 5.41) is 9.97. The Morgan fingerprint density at radius 3 is 2.73 bits per heavy atom. The maximum atomic E-state index is 13.6. The van der Waals surface area contributed by atoms with Crippen LogP contribution < -0.4 is 10.6 Å². The van der Waals surface area contributed by atoms with Crippen LogP contribution in [0, 0.1) is 5.82 Å². The van der Waals surface area contributed by atoms with Crippen LogP contribution in [-0.2, 0) is 15.0 Å². The van der Waals surface area contributed by atoms with Crippen LogP contribution in [0.15, 0.2) is 54.7 Å². The molecule has 0 fully saturated rings. The van der Waals surface area contributed by atoms with Crippen molar-refractivity contribution >= 4 is 23.3 Å². The van der Waals surface area contributed by atoms with Crippen molar-refractivity contribution in [2.24, 2.45) is 0 Å². The minimum atomic E-state index is -1.13. The summed E-state index contributed by atoms with van der Waals surface area (Å²) in [6.07, 6.45) is 1.57. The summed E-state index contributed by atoms with van der Waals surface area (Å²) in [6, 6.07) is 13.2. The molecule has 3 heterocycles. The molecule has 3 aromatic rings. The molecule has 26 heavy (non-hydrogen) atoms. The van der Waals surface area contributed by atoms with Crippen molar-refractivity contribution in [2.45, 2.75) is 11.8 Å². The van der Waals surface area contributed by atoms with Crippen molar-refractivity contribution in [1.29, 1.82) is 0 Å². The number of nitrogens with one attached hydrogen (secondary N) is 2. The lowest BCUT2D eigenvalue weighted by Gasteiger charge is -2.31. The lowest BCUT2D eigenvalue weighted by Crippen LogP contribution is -2.43. The molecule has 128 valence electrons. The van der Waals surface area contributed by atoms with Gasteiger partial charge in [0.15, 0.2) is 0 Å². The minimum Gasteiger partial charge on any atom is -0.325 e. The monoisotopic (exact) mass is 348 g/mol. The van der Waals surface area contributed by atoms with E-state index in [1.807, 2.05) is 24.3 Å². The fourth-order valence-electron chi connectivity index (χ4n) is 3.86. The highest BCUT2D eigenvalue weighted by molar-refractivity contribution is 6.14. The van der Waals surface area contributed by atoms with E-state index in [2.05, 4.69) is 15.7 Å². The molecule has 0 aliphatic carbocycles. The number of hydrogen-bond acceptors (Lipinski definition) is 3. The van der Waals surface area contributed by atoms with Gasteiger partial charge in [-0.15, -0.1) is 0 Å². The number of nitrogens with zero attached hydrogens (tertiary/aromatic N) is 2. The number of carbonyl (C=O) groups is 2. The molecule has 0 saturated heterocycles. The summed E-state index contributed by atoms with van der Waals surface area (Å²) >= 11 is 0. The minimum absolute atomic E-state index is 0.00229. The third-order valence-corrected chi connectivity index (χ3v) is 4.99. The number of fused-ring (bicyclic) bond motifs is 4. The predicted molar refractivity (Wildman–Crippen MR) is 92.6 cm³/mol. The number of para-hydroxylation sites is 1. The number of aromatic nitrogens is 2. The normalized spacial score (nSPS) is 20.5. The molecule has 5 rings (SSSR count). The van der Waals surface area contributed by atoms with Crippen molar-refractivity contribution in [1.82, 2.24) is 9.78 Å². The molecule has 7 heteroatoms. The van der Waals surface area contributed by atoms with Gasteiger partial charge in [0.2, 0.25) is 11.8 Å². The van der Waals surface area contributed by atoms with Crippen LogP contribution >= 0.6 is 0 Å². The highest BCUT2D eigenvalue weighted by Gasteiger charge is 2.54. The predicted octanol–water partition coefficient (Wildman–Crippen LogP) is 2.59. The van der Waals surface area contributed by atoms with Crippen LogP contribution in [0.4, 0.5) is 15.9 Å². The number of hydrogen-bond donors (Lipinski definition) is 2. The second-order valence-electron chi connectivity index (χ2n) is 6.43. The van der Waals surface area contributed by atoms with Crippen LogP contribution in [0.2, 0.25) is 0 Å². The fourth-order valence-corrected chi connectivity index (χ4v) is 3.86. The summed E-state index contributed by atoms with van der Waals surface area (Å²) in [7, 11) is 0. The Hall–Kier alpha value is -3.48. The van der Waals surface area contributed by atoms with Gasteiger partial charge in [0.25, 0.3) is 0 Å². The summed E-state index contributed by atoms with van der Waals surface area (Å²) in [4.78, 5) is 25.4. The van der Waals surface area contributed by atoms with Gasteiger partial charge in [-0.1, -0.05) is 24.3 Å². The zero-order chi connectivity index (χ0) is 17.9. The standard InChI is InChI=1S/C19H13FN4O2/c20-11-4-3-5-12(8-11)24-17-14(10-21-24)19(9-16(25)23-17)13-6-1-2-7-15(13)22-18(19)26/h1-8,10H,9H2,(H,22,26)(H,23,25)/t19-/m0/s1. The third kappa shape index (κ3) is 1.82. The number of halogens is 1. The molecule has 0 saturated carbocycles. The van der Waals surface area contributed by atoms with Gasteiger partial charge < -0.3 is 10.6 Å². The first kappa shape index (κ1) is 14.8. The van der Waals surface area contributed by atoms with Crippen molar-refractivity contribution in [2.75, 3.05) is 10.6 Å². The van der Waals surface area contributed by atoms with E-state index in [0.29, 0.717) is 22.8 Å². The molecule has 2 aliphatic rings. The smallest absolute Gasteiger partial charge is 0.240 e. The van der Waals surface area contributed by atoms with Crippen molar-refractivity contribution in [3.63, 3.8) is 0 Å². The van der Waals surface area contributed by atoms with Gasteiger partial charge in [-0.05, 0) is 29.8 Å². The average molecular weight is 348 g/mol. The molecule has 1 spiro atoms. The largest absolute Gasteiger partial charge is 0.325 e. The first-order chi connectivity index (χ1) is 12.6. The molecule has 1 aromatic heterocycles. The Balaban J connectivity index is 1.77. The molecular weight excluding hydrogens is 335 g/mol. The van der Waals surface area contributed by atoms with Gasteiger partial charge >= 0.3 is 0 Å². The maximum absolute atomic E-state index is 13.6. The van der Waals surface area contributed by atoms with E-state index >= 15 is 0 Å². The number of carbonyl (C=O) groups excluding carboxylic acids is 2. The second kappa shape index (κ2) is 5.01. The molecule has 0 unspecified atom stereocenters. The van der Waals surface area contributed by atoms with E-state index in [9.17, 15) is 14.0 Å². The van der Waals surface area contributed by atoms with Crippen molar-refractivity contribution < 1.29 is 14.0 Å². The molecule has 2 aliphatic heterocycles. The van der Waals surface area contributed by atoms with Gasteiger partial charge in [-0.25, -0.2) is 9.07 Å². The van der Waals surface area contributed by atoms with Crippen LogP contribution in [0.1, 0.15) is 17.5 Å². The summed E-state index contributed by atoms with van der Waals surface area (Å²) in [5.41, 5.74) is 1.38. The van der Waals surface area contributed by atoms with E-state index < -0.39 is 11.2 Å². The lowest BCUT2D eigenvalue weighted by molar-refractivity contribution is -0.125. The Kier molecular flexibility index (Phi) is 2.86. The van der Waals surface area contributed by atoms with Crippen LogP contribution in [0.3, 0.4) is 0 Å². The SMILES string of the molecule is O=C1C[C@@]2(C(=O)Nc3ccccc32)c2cnn(-c3cccc(F)c3)c2N1. The van der Waals surface area contributed by atoms with Gasteiger partial charge in [0, 0.05) is 17.7 Å². The lowest BCUT2D eigenvalue weighted by atomic mass is 9.72. The first-order valence-corrected chi connectivity index (χ1v) is 8.15. The molecule has 6 nitrogen and oxygen atoms in total. The van der Waals surface area contributed by atoms with Gasteiger partial charge in [-0.3, -0.25) is 9.59 Å². The zero-order valence-corrected chi connectivity index (χ0v) is 13.5. The Morgan fingerprint density at radius 1 is 1.04 bits per heavy atom. The van der Waals surface area contributed by atoms with E-state index in [1.54, 1.807) is 18.3 Å². The average Bonchev–Trinajstić information content (AvgIpc) is 3.16. The summed E-state index contributed by atoms with van der Waals surface area (Å²) in [6.45, 7) is 0. The number of benzene rings is 2. The van der Waals surface area contributed by atoms with Gasteiger partial charge in [0.1, 0.15) is 17.1 Å². The van der Waals surface area contributed by atoms with Gasteiger partial charge in [-0.2, -0.15) is 5.10 Å². The van der Waals surface area contributed by atoms with Crippen LogP contribution in [-0.4, -0.2) is 21.6 Å². The highest BCUT2D eigenvalue weighted by Crippen LogP contribution is 2.49. The second-order valence-corrected chi connectivity index (χ2v) is 6.43. The van der Waals surface area contributed by atoms with Crippen molar-refractivity contribution in [3.8, 4) is 5.69 Å². The highest BCUT2D eigenvalue weighted by atomic mass is 19.1. The Bertz CT molecular complexity index is 1090. The molecule has 2 N–H and O–H groups in total. The molecule has 2 amide bonds. The Labute approximate surface area is 147 Å². The number of rotatable bonds is 1. The van der Waals surface area contributed by atoms with Crippen LogP contribution in [0.25, 0.3) is 5.69 Å². The molecular formula is C19H13FN4O2. The quantitative estimate of drug-likeness (QED) is 0.710. The third-order valence-electron chi connectivity index (χ3n) is 4.99.